The molecule has 3 aromatic rings. The largest absolute Gasteiger partial charge is 0.400 e. The Labute approximate surface area is 233 Å². The molecule has 39 heavy (non-hydrogen) atoms. The summed E-state index contributed by atoms with van der Waals surface area (Å²) in [6, 6.07) is 17.1. The first kappa shape index (κ1) is 29.1. The number of aromatic nitrogens is 1. The van der Waals surface area contributed by atoms with Gasteiger partial charge in [-0.1, -0.05) is 30.3 Å². The number of halogens is 2. The number of benzene rings is 2. The zero-order valence-corrected chi connectivity index (χ0v) is 23.3. The second kappa shape index (κ2) is 13.0. The minimum atomic E-state index is -0.804. The number of hydrogen-bond donors (Lipinski definition) is 2. The lowest BCUT2D eigenvalue weighted by molar-refractivity contribution is -0.127. The standard InChI is InChI=1S/C29H32F2N4OS.CH4O/c1-34-19-20-37-29(34,24-5-4-15-32-21-24)27(36)33-16-18-35-17-3-2-14-28(35,22-6-10-25(30)11-7-22)23-8-12-26(31)13-9-23;1-2/h4-13,15,21H,2-3,14,16-20H2,1H3,(H,33,36);2H,1H3. The maximum Gasteiger partial charge on any atom is 0.255 e. The molecule has 2 N–H and O–H groups in total. The number of pyridine rings is 1. The SMILES string of the molecule is CN1CCSC1(C(=O)NCCN1CCCCC1(c1ccc(F)cc1)c1ccc(F)cc1)c1cccnc1.CO. The summed E-state index contributed by atoms with van der Waals surface area (Å²) in [6.45, 7) is 2.71. The summed E-state index contributed by atoms with van der Waals surface area (Å²) in [5.74, 6) is 0.248. The molecular formula is C30H36F2N4O2S. The molecule has 0 saturated carbocycles. The number of nitrogens with one attached hydrogen (secondary N) is 1. The lowest BCUT2D eigenvalue weighted by atomic mass is 9.75. The molecule has 1 aromatic heterocycles. The number of hydrogen-bond acceptors (Lipinski definition) is 6. The van der Waals surface area contributed by atoms with Crippen LogP contribution in [0.5, 0.6) is 0 Å². The molecule has 1 atom stereocenters. The number of rotatable bonds is 7. The second-order valence-electron chi connectivity index (χ2n) is 9.73. The highest BCUT2D eigenvalue weighted by atomic mass is 32.2. The van der Waals surface area contributed by atoms with Gasteiger partial charge in [0.2, 0.25) is 0 Å². The number of likely N-dealkylation sites (N-methyl/N-ethyl adjacent to an activating group) is 1. The summed E-state index contributed by atoms with van der Waals surface area (Å²) in [7, 11) is 2.98. The third-order valence-corrected chi connectivity index (χ3v) is 9.24. The van der Waals surface area contributed by atoms with Crippen molar-refractivity contribution in [3.63, 3.8) is 0 Å². The molecule has 9 heteroatoms. The molecule has 1 unspecified atom stereocenters. The number of nitrogens with zero attached hydrogens (tertiary/aromatic N) is 3. The van der Waals surface area contributed by atoms with Gasteiger partial charge in [-0.25, -0.2) is 8.78 Å². The Balaban J connectivity index is 0.00000172. The fourth-order valence-corrected chi connectivity index (χ4v) is 7.33. The Morgan fingerprint density at radius 2 is 1.62 bits per heavy atom. The van der Waals surface area contributed by atoms with Crippen molar-refractivity contribution in [3.8, 4) is 0 Å². The van der Waals surface area contributed by atoms with E-state index in [4.69, 9.17) is 5.11 Å². The van der Waals surface area contributed by atoms with Crippen LogP contribution in [0.3, 0.4) is 0 Å². The van der Waals surface area contributed by atoms with Gasteiger partial charge in [0.15, 0.2) is 4.87 Å². The number of thioether (sulfide) groups is 1. The summed E-state index contributed by atoms with van der Waals surface area (Å²) in [5.41, 5.74) is 2.31. The molecule has 0 bridgehead atoms. The van der Waals surface area contributed by atoms with E-state index in [0.29, 0.717) is 13.1 Å². The van der Waals surface area contributed by atoms with Gasteiger partial charge in [-0.05, 0) is 74.3 Å². The fourth-order valence-electron chi connectivity index (χ4n) is 5.87. The van der Waals surface area contributed by atoms with E-state index in [1.54, 1.807) is 24.2 Å². The van der Waals surface area contributed by atoms with Crippen LogP contribution in [-0.4, -0.2) is 71.9 Å². The summed E-state index contributed by atoms with van der Waals surface area (Å²) in [4.78, 5) is 21.6. The molecule has 0 aliphatic carbocycles. The third-order valence-electron chi connectivity index (χ3n) is 7.70. The van der Waals surface area contributed by atoms with Gasteiger partial charge < -0.3 is 10.4 Å². The van der Waals surface area contributed by atoms with Crippen LogP contribution in [0, 0.1) is 11.6 Å². The lowest BCUT2D eigenvalue weighted by Crippen LogP contribution is -2.54. The third kappa shape index (κ3) is 5.72. The van der Waals surface area contributed by atoms with E-state index in [0.717, 1.165) is 61.9 Å². The minimum absolute atomic E-state index is 0.0447. The summed E-state index contributed by atoms with van der Waals surface area (Å²) in [6.07, 6.45) is 6.35. The van der Waals surface area contributed by atoms with E-state index in [1.807, 2.05) is 43.4 Å². The fraction of sp³-hybridized carbons (Fsp3) is 0.400. The van der Waals surface area contributed by atoms with Crippen LogP contribution in [0.15, 0.2) is 73.1 Å². The second-order valence-corrected chi connectivity index (χ2v) is 11.0. The number of carbonyl (C=O) groups excluding carboxylic acids is 1. The summed E-state index contributed by atoms with van der Waals surface area (Å²) >= 11 is 1.63. The molecule has 2 aromatic carbocycles. The predicted octanol–water partition coefficient (Wildman–Crippen LogP) is 4.35. The molecule has 1 amide bonds. The minimum Gasteiger partial charge on any atom is -0.400 e. The first-order valence-corrected chi connectivity index (χ1v) is 14.2. The Hall–Kier alpha value is -2.85. The van der Waals surface area contributed by atoms with Crippen molar-refractivity contribution in [3.05, 3.63) is 101 Å². The maximum atomic E-state index is 13.9. The van der Waals surface area contributed by atoms with Crippen LogP contribution in [0.25, 0.3) is 0 Å². The molecule has 2 saturated heterocycles. The van der Waals surface area contributed by atoms with E-state index < -0.39 is 10.4 Å². The Kier molecular flexibility index (Phi) is 9.71. The van der Waals surface area contributed by atoms with E-state index >= 15 is 0 Å². The topological polar surface area (TPSA) is 68.7 Å². The molecule has 2 aliphatic heterocycles. The van der Waals surface area contributed by atoms with Crippen LogP contribution >= 0.6 is 11.8 Å². The Morgan fingerprint density at radius 1 is 0.974 bits per heavy atom. The van der Waals surface area contributed by atoms with Gasteiger partial charge in [0.25, 0.3) is 5.91 Å². The van der Waals surface area contributed by atoms with E-state index in [2.05, 4.69) is 20.1 Å². The number of piperidine rings is 1. The van der Waals surface area contributed by atoms with Crippen molar-refractivity contribution >= 4 is 17.7 Å². The van der Waals surface area contributed by atoms with Gasteiger partial charge in [-0.3, -0.25) is 19.6 Å². The molecule has 2 aliphatic rings. The van der Waals surface area contributed by atoms with Crippen LogP contribution in [-0.2, 0) is 15.2 Å². The molecule has 6 nitrogen and oxygen atoms in total. The molecule has 5 rings (SSSR count). The van der Waals surface area contributed by atoms with Crippen molar-refractivity contribution in [2.45, 2.75) is 29.7 Å². The average Bonchev–Trinajstić information content (AvgIpc) is 3.38. The first-order valence-electron chi connectivity index (χ1n) is 13.2. The Bertz CT molecular complexity index is 1170. The van der Waals surface area contributed by atoms with Gasteiger partial charge in [0.05, 0.1) is 5.54 Å². The monoisotopic (exact) mass is 554 g/mol. The first-order chi connectivity index (χ1) is 19.0. The molecule has 2 fully saturated rings. The number of carbonyl (C=O) groups is 1. The normalized spacial score (nSPS) is 21.2. The smallest absolute Gasteiger partial charge is 0.255 e. The molecular weight excluding hydrogens is 518 g/mol. The number of amides is 1. The van der Waals surface area contributed by atoms with E-state index in [9.17, 15) is 13.6 Å². The zero-order chi connectivity index (χ0) is 27.9. The van der Waals surface area contributed by atoms with Gasteiger partial charge >= 0.3 is 0 Å². The molecule has 0 spiro atoms. The van der Waals surface area contributed by atoms with Crippen molar-refractivity contribution in [2.75, 3.05) is 46.1 Å². The number of aliphatic hydroxyl groups is 1. The highest BCUT2D eigenvalue weighted by molar-refractivity contribution is 8.01. The van der Waals surface area contributed by atoms with Crippen molar-refractivity contribution in [2.24, 2.45) is 0 Å². The molecule has 208 valence electrons. The average molecular weight is 555 g/mol. The van der Waals surface area contributed by atoms with Crippen LogP contribution in [0.2, 0.25) is 0 Å². The van der Waals surface area contributed by atoms with E-state index in [1.165, 1.54) is 24.3 Å². The highest BCUT2D eigenvalue weighted by Crippen LogP contribution is 2.45. The molecule has 3 heterocycles. The van der Waals surface area contributed by atoms with Gasteiger partial charge in [0, 0.05) is 50.5 Å². The van der Waals surface area contributed by atoms with Crippen LogP contribution in [0.4, 0.5) is 8.78 Å². The number of aliphatic hydroxyl groups excluding tert-OH is 1. The summed E-state index contributed by atoms with van der Waals surface area (Å²) in [5, 5.41) is 10.2. The summed E-state index contributed by atoms with van der Waals surface area (Å²) < 4.78 is 27.7. The van der Waals surface area contributed by atoms with Crippen LogP contribution < -0.4 is 5.32 Å². The van der Waals surface area contributed by atoms with Gasteiger partial charge in [0.1, 0.15) is 11.6 Å². The number of likely N-dealkylation sites (tertiary alicyclic amines) is 1. The van der Waals surface area contributed by atoms with Crippen molar-refractivity contribution < 1.29 is 18.7 Å². The van der Waals surface area contributed by atoms with Crippen LogP contribution in [0.1, 0.15) is 36.0 Å². The van der Waals surface area contributed by atoms with Crippen molar-refractivity contribution in [1.29, 1.82) is 0 Å². The maximum absolute atomic E-state index is 13.9. The quantitative estimate of drug-likeness (QED) is 0.453. The van der Waals surface area contributed by atoms with E-state index in [-0.39, 0.29) is 17.5 Å². The van der Waals surface area contributed by atoms with Gasteiger partial charge in [-0.15, -0.1) is 11.8 Å². The predicted molar refractivity (Wildman–Crippen MR) is 151 cm³/mol. The lowest BCUT2D eigenvalue weighted by Gasteiger charge is -2.48. The van der Waals surface area contributed by atoms with Crippen molar-refractivity contribution in [1.82, 2.24) is 20.1 Å². The molecule has 0 radical (unpaired) electrons. The zero-order valence-electron chi connectivity index (χ0n) is 22.4. The van der Waals surface area contributed by atoms with Gasteiger partial charge in [-0.2, -0.15) is 0 Å². The highest BCUT2D eigenvalue weighted by Gasteiger charge is 2.48. The Morgan fingerprint density at radius 3 is 2.15 bits per heavy atom.